The molecule has 0 saturated heterocycles. The van der Waals surface area contributed by atoms with Gasteiger partial charge in [0.15, 0.2) is 0 Å². The van der Waals surface area contributed by atoms with Crippen molar-refractivity contribution in [2.45, 2.75) is 24.7 Å². The van der Waals surface area contributed by atoms with Gasteiger partial charge in [-0.15, -0.1) is 0 Å². The van der Waals surface area contributed by atoms with Gasteiger partial charge in [-0.2, -0.15) is 0 Å². The molecule has 2 rings (SSSR count). The molecule has 2 N–H and O–H groups in total. The molecule has 14 heavy (non-hydrogen) atoms. The molecule has 1 aliphatic carbocycles. The Balaban J connectivity index is 2.20. The Morgan fingerprint density at radius 1 is 1.50 bits per heavy atom. The number of nitrogen functional groups attached to an aromatic ring is 1. The highest BCUT2D eigenvalue weighted by Crippen LogP contribution is 2.32. The fourth-order valence-electron chi connectivity index (χ4n) is 1.43. The van der Waals surface area contributed by atoms with Gasteiger partial charge in [0.05, 0.1) is 15.7 Å². The minimum atomic E-state index is -0.898. The van der Waals surface area contributed by atoms with Crippen LogP contribution in [0.5, 0.6) is 0 Å². The molecule has 76 valence electrons. The molecule has 1 fully saturated rings. The maximum atomic E-state index is 11.9. The minimum Gasteiger partial charge on any atom is -0.398 e. The van der Waals surface area contributed by atoms with Gasteiger partial charge in [-0.3, -0.25) is 4.21 Å². The first-order valence-electron chi connectivity index (χ1n) is 4.91. The lowest BCUT2D eigenvalue weighted by molar-refractivity contribution is 0.680. The molecule has 0 spiro atoms. The van der Waals surface area contributed by atoms with Crippen LogP contribution in [0.3, 0.4) is 0 Å². The summed E-state index contributed by atoms with van der Waals surface area (Å²) in [4.78, 5) is 0.817. The molecule has 0 bridgehead atoms. The average molecular weight is 209 g/mol. The summed E-state index contributed by atoms with van der Waals surface area (Å²) in [6, 6.07) is 5.73. The highest BCUT2D eigenvalue weighted by atomic mass is 32.2. The summed E-state index contributed by atoms with van der Waals surface area (Å²) in [5.74, 6) is 1.46. The molecule has 2 nitrogen and oxygen atoms in total. The summed E-state index contributed by atoms with van der Waals surface area (Å²) < 4.78 is 11.9. The standard InChI is InChI=1S/C11H15NOS/c1-8-2-5-10(12)11(6-8)14(13)7-9-3-4-9/h2,5-6,9H,3-4,7,12H2,1H3. The molecule has 1 aliphatic rings. The van der Waals surface area contributed by atoms with Gasteiger partial charge in [-0.1, -0.05) is 6.07 Å². The van der Waals surface area contributed by atoms with Crippen LogP contribution in [0.4, 0.5) is 5.69 Å². The van der Waals surface area contributed by atoms with Crippen LogP contribution in [0.15, 0.2) is 23.1 Å². The Hall–Kier alpha value is -0.830. The molecule has 0 radical (unpaired) electrons. The van der Waals surface area contributed by atoms with Crippen LogP contribution in [0.25, 0.3) is 0 Å². The fraction of sp³-hybridized carbons (Fsp3) is 0.455. The molecular weight excluding hydrogens is 194 g/mol. The second kappa shape index (κ2) is 3.73. The lowest BCUT2D eigenvalue weighted by Gasteiger charge is -2.05. The van der Waals surface area contributed by atoms with E-state index in [1.165, 1.54) is 12.8 Å². The van der Waals surface area contributed by atoms with E-state index in [-0.39, 0.29) is 0 Å². The quantitative estimate of drug-likeness (QED) is 0.775. The van der Waals surface area contributed by atoms with Crippen LogP contribution in [-0.4, -0.2) is 9.96 Å². The summed E-state index contributed by atoms with van der Waals surface area (Å²) in [5.41, 5.74) is 7.58. The summed E-state index contributed by atoms with van der Waals surface area (Å²) in [6.45, 7) is 2.00. The molecule has 1 saturated carbocycles. The number of nitrogens with two attached hydrogens (primary N) is 1. The van der Waals surface area contributed by atoms with Gasteiger partial charge < -0.3 is 5.73 Å². The molecule has 3 heteroatoms. The van der Waals surface area contributed by atoms with E-state index < -0.39 is 10.8 Å². The number of hydrogen-bond donors (Lipinski definition) is 1. The van der Waals surface area contributed by atoms with Crippen LogP contribution >= 0.6 is 0 Å². The lowest BCUT2D eigenvalue weighted by Crippen LogP contribution is -2.03. The smallest absolute Gasteiger partial charge is 0.0620 e. The third-order valence-corrected chi connectivity index (χ3v) is 4.12. The number of rotatable bonds is 3. The van der Waals surface area contributed by atoms with Gasteiger partial charge in [0.2, 0.25) is 0 Å². The van der Waals surface area contributed by atoms with Gasteiger partial charge in [-0.05, 0) is 43.4 Å². The first-order valence-corrected chi connectivity index (χ1v) is 6.23. The van der Waals surface area contributed by atoms with E-state index in [0.29, 0.717) is 11.6 Å². The highest BCUT2D eigenvalue weighted by Gasteiger charge is 2.24. The van der Waals surface area contributed by atoms with Gasteiger partial charge >= 0.3 is 0 Å². The third kappa shape index (κ3) is 2.15. The molecular formula is C11H15NOS. The van der Waals surface area contributed by atoms with E-state index in [9.17, 15) is 4.21 Å². The molecule has 1 aromatic rings. The second-order valence-electron chi connectivity index (χ2n) is 4.00. The number of hydrogen-bond acceptors (Lipinski definition) is 2. The highest BCUT2D eigenvalue weighted by molar-refractivity contribution is 7.85. The zero-order valence-electron chi connectivity index (χ0n) is 8.32. The van der Waals surface area contributed by atoms with Gasteiger partial charge in [0, 0.05) is 11.4 Å². The van der Waals surface area contributed by atoms with Crippen LogP contribution in [0, 0.1) is 12.8 Å². The SMILES string of the molecule is Cc1ccc(N)c(S(=O)CC2CC2)c1. The van der Waals surface area contributed by atoms with E-state index in [4.69, 9.17) is 5.73 Å². The second-order valence-corrected chi connectivity index (χ2v) is 5.46. The lowest BCUT2D eigenvalue weighted by atomic mass is 10.2. The van der Waals surface area contributed by atoms with E-state index in [0.717, 1.165) is 16.2 Å². The monoisotopic (exact) mass is 209 g/mol. The molecule has 1 aromatic carbocycles. The van der Waals surface area contributed by atoms with Crippen LogP contribution < -0.4 is 5.73 Å². The predicted molar refractivity (Wildman–Crippen MR) is 59.6 cm³/mol. The van der Waals surface area contributed by atoms with Crippen LogP contribution in [0.2, 0.25) is 0 Å². The summed E-state index contributed by atoms with van der Waals surface area (Å²) in [7, 11) is -0.898. The normalized spacial score (nSPS) is 18.1. The first kappa shape index (κ1) is 9.71. The van der Waals surface area contributed by atoms with Crippen molar-refractivity contribution < 1.29 is 4.21 Å². The molecule has 1 unspecified atom stereocenters. The molecule has 1 atom stereocenters. The zero-order valence-corrected chi connectivity index (χ0v) is 9.14. The minimum absolute atomic E-state index is 0.662. The third-order valence-electron chi connectivity index (χ3n) is 2.50. The zero-order chi connectivity index (χ0) is 10.1. The fourth-order valence-corrected chi connectivity index (χ4v) is 3.02. The van der Waals surface area contributed by atoms with E-state index in [1.807, 2.05) is 25.1 Å². The van der Waals surface area contributed by atoms with Crippen LogP contribution in [0.1, 0.15) is 18.4 Å². The Morgan fingerprint density at radius 3 is 2.86 bits per heavy atom. The maximum Gasteiger partial charge on any atom is 0.0620 e. The van der Waals surface area contributed by atoms with Gasteiger partial charge in [0.25, 0.3) is 0 Å². The Bertz CT molecular complexity index is 372. The number of benzene rings is 1. The number of anilines is 1. The van der Waals surface area contributed by atoms with E-state index in [2.05, 4.69) is 0 Å². The Morgan fingerprint density at radius 2 is 2.21 bits per heavy atom. The molecule has 0 aliphatic heterocycles. The molecule has 0 aromatic heterocycles. The largest absolute Gasteiger partial charge is 0.398 e. The molecule has 0 amide bonds. The van der Waals surface area contributed by atoms with Crippen molar-refractivity contribution in [2.75, 3.05) is 11.5 Å². The van der Waals surface area contributed by atoms with Crippen molar-refractivity contribution >= 4 is 16.5 Å². The van der Waals surface area contributed by atoms with Gasteiger partial charge in [-0.25, -0.2) is 0 Å². The first-order chi connectivity index (χ1) is 6.66. The topological polar surface area (TPSA) is 43.1 Å². The van der Waals surface area contributed by atoms with Crippen molar-refractivity contribution in [1.82, 2.24) is 0 Å². The Labute approximate surface area is 87.0 Å². The summed E-state index contributed by atoms with van der Waals surface area (Å²) >= 11 is 0. The van der Waals surface area contributed by atoms with Gasteiger partial charge in [0.1, 0.15) is 0 Å². The van der Waals surface area contributed by atoms with Crippen LogP contribution in [-0.2, 0) is 10.8 Å². The molecule has 0 heterocycles. The van der Waals surface area contributed by atoms with Crippen molar-refractivity contribution in [2.24, 2.45) is 5.92 Å². The van der Waals surface area contributed by atoms with Crippen molar-refractivity contribution in [3.63, 3.8) is 0 Å². The average Bonchev–Trinajstić information content (AvgIpc) is 2.93. The van der Waals surface area contributed by atoms with Crippen molar-refractivity contribution in [3.05, 3.63) is 23.8 Å². The summed E-state index contributed by atoms with van der Waals surface area (Å²) in [5, 5.41) is 0. The predicted octanol–water partition coefficient (Wildman–Crippen LogP) is 2.09. The maximum absolute atomic E-state index is 11.9. The summed E-state index contributed by atoms with van der Waals surface area (Å²) in [6.07, 6.45) is 2.47. The van der Waals surface area contributed by atoms with E-state index in [1.54, 1.807) is 0 Å². The number of aryl methyl sites for hydroxylation is 1. The van der Waals surface area contributed by atoms with E-state index >= 15 is 0 Å². The van der Waals surface area contributed by atoms with Crippen molar-refractivity contribution in [1.29, 1.82) is 0 Å². The Kier molecular flexibility index (Phi) is 2.59. The van der Waals surface area contributed by atoms with Crippen molar-refractivity contribution in [3.8, 4) is 0 Å².